The van der Waals surface area contributed by atoms with E-state index in [4.69, 9.17) is 10.5 Å². The lowest BCUT2D eigenvalue weighted by Crippen LogP contribution is -2.43. The molecule has 0 aromatic carbocycles. The Morgan fingerprint density at radius 3 is 2.61 bits per heavy atom. The number of hydrogen-bond donors (Lipinski definition) is 1. The summed E-state index contributed by atoms with van der Waals surface area (Å²) in [5, 5.41) is 0. The molecule has 0 aliphatic heterocycles. The number of nitrogens with zero attached hydrogens (tertiary/aromatic N) is 1. The van der Waals surface area contributed by atoms with Crippen molar-refractivity contribution < 1.29 is 9.13 Å². The smallest absolute Gasteiger partial charge is 0.141 e. The average Bonchev–Trinajstić information content (AvgIpc) is 2.55. The summed E-state index contributed by atoms with van der Waals surface area (Å²) in [6.45, 7) is 0.924. The lowest BCUT2D eigenvalue weighted by Gasteiger charge is -2.27. The molecule has 1 aromatic rings. The second-order valence-electron chi connectivity index (χ2n) is 5.28. The maximum absolute atomic E-state index is 12.9. The van der Waals surface area contributed by atoms with E-state index >= 15 is 0 Å². The van der Waals surface area contributed by atoms with Gasteiger partial charge in [-0.25, -0.2) is 4.39 Å². The molecule has 1 heterocycles. The van der Waals surface area contributed by atoms with E-state index in [1.807, 2.05) is 0 Å². The summed E-state index contributed by atoms with van der Waals surface area (Å²) in [6.07, 6.45) is 9.77. The fourth-order valence-electron chi connectivity index (χ4n) is 2.48. The Morgan fingerprint density at radius 2 is 1.94 bits per heavy atom. The van der Waals surface area contributed by atoms with Crippen molar-refractivity contribution in [2.75, 3.05) is 6.61 Å². The first-order valence-corrected chi connectivity index (χ1v) is 6.64. The van der Waals surface area contributed by atoms with E-state index in [9.17, 15) is 4.39 Å². The maximum Gasteiger partial charge on any atom is 0.141 e. The zero-order valence-electron chi connectivity index (χ0n) is 10.7. The van der Waals surface area contributed by atoms with Crippen molar-refractivity contribution in [1.29, 1.82) is 0 Å². The highest BCUT2D eigenvalue weighted by Gasteiger charge is 2.26. The fourth-order valence-corrected chi connectivity index (χ4v) is 2.48. The Kier molecular flexibility index (Phi) is 4.66. The summed E-state index contributed by atoms with van der Waals surface area (Å²) < 4.78 is 18.6. The maximum atomic E-state index is 12.9. The molecule has 1 aliphatic carbocycles. The molecule has 1 fully saturated rings. The number of ether oxygens (including phenoxy) is 1. The van der Waals surface area contributed by atoms with Crippen molar-refractivity contribution in [2.24, 2.45) is 5.73 Å². The summed E-state index contributed by atoms with van der Waals surface area (Å²) in [7, 11) is 0. The second-order valence-corrected chi connectivity index (χ2v) is 5.28. The Bertz CT molecular complexity index is 376. The lowest BCUT2D eigenvalue weighted by molar-refractivity contribution is 0.0664. The summed E-state index contributed by atoms with van der Waals surface area (Å²) in [5.41, 5.74) is 6.90. The molecule has 1 aromatic heterocycles. The summed E-state index contributed by atoms with van der Waals surface area (Å²) >= 11 is 0. The van der Waals surface area contributed by atoms with Gasteiger partial charge in [-0.15, -0.1) is 0 Å². The first-order valence-electron chi connectivity index (χ1n) is 6.64. The van der Waals surface area contributed by atoms with Crippen LogP contribution in [-0.2, 0) is 11.3 Å². The Morgan fingerprint density at radius 1 is 1.22 bits per heavy atom. The van der Waals surface area contributed by atoms with Gasteiger partial charge in [0.25, 0.3) is 0 Å². The molecule has 0 amide bonds. The van der Waals surface area contributed by atoms with E-state index in [0.29, 0.717) is 13.2 Å². The van der Waals surface area contributed by atoms with Gasteiger partial charge in [-0.1, -0.05) is 25.7 Å². The quantitative estimate of drug-likeness (QED) is 0.838. The first kappa shape index (κ1) is 13.4. The predicted octanol–water partition coefficient (Wildman–Crippen LogP) is 2.79. The molecule has 0 unspecified atom stereocenters. The fraction of sp³-hybridized carbons (Fsp3) is 0.643. The predicted molar refractivity (Wildman–Crippen MR) is 68.5 cm³/mol. The van der Waals surface area contributed by atoms with Crippen LogP contribution in [0, 0.1) is 5.82 Å². The molecule has 0 radical (unpaired) electrons. The van der Waals surface area contributed by atoms with Gasteiger partial charge in [0.05, 0.1) is 19.4 Å². The highest BCUT2D eigenvalue weighted by atomic mass is 19.1. The first-order chi connectivity index (χ1) is 8.68. The largest absolute Gasteiger partial charge is 0.375 e. The minimum atomic E-state index is -0.326. The van der Waals surface area contributed by atoms with Crippen LogP contribution in [0.15, 0.2) is 18.5 Å². The van der Waals surface area contributed by atoms with Gasteiger partial charge in [0.2, 0.25) is 0 Å². The highest BCUT2D eigenvalue weighted by Crippen LogP contribution is 2.25. The van der Waals surface area contributed by atoms with Crippen molar-refractivity contribution >= 4 is 0 Å². The van der Waals surface area contributed by atoms with Crippen molar-refractivity contribution in [2.45, 2.75) is 50.7 Å². The summed E-state index contributed by atoms with van der Waals surface area (Å²) in [4.78, 5) is 3.80. The number of pyridine rings is 1. The van der Waals surface area contributed by atoms with Crippen molar-refractivity contribution in [1.82, 2.24) is 4.98 Å². The SMILES string of the molecule is NC1(COCc2cncc(F)c2)CCCCCC1. The average molecular weight is 252 g/mol. The number of hydrogen-bond acceptors (Lipinski definition) is 3. The molecule has 0 atom stereocenters. The zero-order chi connectivity index (χ0) is 12.8. The Hall–Kier alpha value is -1.00. The van der Waals surface area contributed by atoms with Crippen LogP contribution >= 0.6 is 0 Å². The third-order valence-electron chi connectivity index (χ3n) is 3.52. The van der Waals surface area contributed by atoms with Gasteiger partial charge in [0, 0.05) is 11.7 Å². The minimum absolute atomic E-state index is 0.197. The monoisotopic (exact) mass is 252 g/mol. The molecule has 0 spiro atoms. The van der Waals surface area contributed by atoms with Crippen LogP contribution in [0.4, 0.5) is 4.39 Å². The molecule has 0 saturated heterocycles. The molecule has 1 saturated carbocycles. The molecule has 3 nitrogen and oxygen atoms in total. The molecular weight excluding hydrogens is 231 g/mol. The summed E-state index contributed by atoms with van der Waals surface area (Å²) in [6, 6.07) is 1.45. The van der Waals surface area contributed by atoms with E-state index in [0.717, 1.165) is 18.4 Å². The second kappa shape index (κ2) is 6.25. The Labute approximate surface area is 108 Å². The van der Waals surface area contributed by atoms with Crippen LogP contribution in [0.3, 0.4) is 0 Å². The molecule has 18 heavy (non-hydrogen) atoms. The van der Waals surface area contributed by atoms with E-state index in [1.165, 1.54) is 37.9 Å². The lowest BCUT2D eigenvalue weighted by atomic mass is 9.93. The number of halogens is 1. The van der Waals surface area contributed by atoms with Gasteiger partial charge in [-0.2, -0.15) is 0 Å². The van der Waals surface area contributed by atoms with Crippen molar-refractivity contribution in [3.05, 3.63) is 29.8 Å². The number of rotatable bonds is 4. The topological polar surface area (TPSA) is 48.1 Å². The molecular formula is C14H21FN2O. The standard InChI is InChI=1S/C14H21FN2O/c15-13-7-12(8-17-9-13)10-18-11-14(16)5-3-1-2-4-6-14/h7-9H,1-6,10-11,16H2. The van der Waals surface area contributed by atoms with Gasteiger partial charge in [0.15, 0.2) is 0 Å². The third kappa shape index (κ3) is 4.03. The van der Waals surface area contributed by atoms with Gasteiger partial charge in [-0.3, -0.25) is 4.98 Å². The van der Waals surface area contributed by atoms with Crippen molar-refractivity contribution in [3.63, 3.8) is 0 Å². The Balaban J connectivity index is 1.80. The van der Waals surface area contributed by atoms with Gasteiger partial charge in [-0.05, 0) is 24.5 Å². The van der Waals surface area contributed by atoms with Crippen LogP contribution in [-0.4, -0.2) is 17.1 Å². The van der Waals surface area contributed by atoms with E-state index in [2.05, 4.69) is 4.98 Å². The van der Waals surface area contributed by atoms with E-state index in [-0.39, 0.29) is 11.4 Å². The number of aromatic nitrogens is 1. The molecule has 2 N–H and O–H groups in total. The molecule has 1 aliphatic rings. The zero-order valence-corrected chi connectivity index (χ0v) is 10.7. The van der Waals surface area contributed by atoms with Crippen LogP contribution in [0.2, 0.25) is 0 Å². The number of nitrogens with two attached hydrogens (primary N) is 1. The van der Waals surface area contributed by atoms with Crippen LogP contribution in [0.25, 0.3) is 0 Å². The van der Waals surface area contributed by atoms with Crippen LogP contribution < -0.4 is 5.73 Å². The molecule has 0 bridgehead atoms. The van der Waals surface area contributed by atoms with Gasteiger partial charge in [0.1, 0.15) is 5.82 Å². The van der Waals surface area contributed by atoms with Crippen LogP contribution in [0.1, 0.15) is 44.1 Å². The molecule has 4 heteroatoms. The third-order valence-corrected chi connectivity index (χ3v) is 3.52. The van der Waals surface area contributed by atoms with Crippen molar-refractivity contribution in [3.8, 4) is 0 Å². The minimum Gasteiger partial charge on any atom is -0.375 e. The summed E-state index contributed by atoms with van der Waals surface area (Å²) in [5.74, 6) is -0.326. The molecule has 2 rings (SSSR count). The van der Waals surface area contributed by atoms with Crippen LogP contribution in [0.5, 0.6) is 0 Å². The van der Waals surface area contributed by atoms with E-state index in [1.54, 1.807) is 6.20 Å². The normalized spacial score (nSPS) is 19.4. The van der Waals surface area contributed by atoms with Gasteiger partial charge < -0.3 is 10.5 Å². The van der Waals surface area contributed by atoms with Gasteiger partial charge >= 0.3 is 0 Å². The highest BCUT2D eigenvalue weighted by molar-refractivity contribution is 5.08. The molecule has 100 valence electrons. The van der Waals surface area contributed by atoms with E-state index < -0.39 is 0 Å².